The van der Waals surface area contributed by atoms with Crippen molar-refractivity contribution in [3.8, 4) is 0 Å². The van der Waals surface area contributed by atoms with Crippen molar-refractivity contribution in [3.63, 3.8) is 0 Å². The lowest BCUT2D eigenvalue weighted by atomic mass is 9.90. The van der Waals surface area contributed by atoms with Gasteiger partial charge in [-0.1, -0.05) is 36.4 Å². The molecule has 1 aliphatic rings. The fourth-order valence-electron chi connectivity index (χ4n) is 2.56. The Hall–Kier alpha value is -1.34. The maximum absolute atomic E-state index is 3.50. The average molecular weight is 197 g/mol. The van der Waals surface area contributed by atoms with E-state index in [0.717, 1.165) is 13.0 Å². The van der Waals surface area contributed by atoms with Crippen LogP contribution in [0.2, 0.25) is 0 Å². The van der Waals surface area contributed by atoms with Crippen LogP contribution in [0.5, 0.6) is 0 Å². The SMILES string of the molecule is C[C@@H]1NCCc2c1ccc1ccccc21. The van der Waals surface area contributed by atoms with Crippen molar-refractivity contribution in [2.75, 3.05) is 6.54 Å². The van der Waals surface area contributed by atoms with Gasteiger partial charge in [-0.2, -0.15) is 0 Å². The highest BCUT2D eigenvalue weighted by atomic mass is 14.9. The highest BCUT2D eigenvalue weighted by Crippen LogP contribution is 2.29. The standard InChI is InChI=1S/C14H15N/c1-10-12-7-6-11-4-2-3-5-13(11)14(12)8-9-15-10/h2-7,10,15H,8-9H2,1H3/t10-/m0/s1. The normalized spacial score (nSPS) is 20.2. The van der Waals surface area contributed by atoms with E-state index in [9.17, 15) is 0 Å². The fraction of sp³-hybridized carbons (Fsp3) is 0.286. The lowest BCUT2D eigenvalue weighted by molar-refractivity contribution is 0.543. The van der Waals surface area contributed by atoms with E-state index in [4.69, 9.17) is 0 Å². The summed E-state index contributed by atoms with van der Waals surface area (Å²) in [7, 11) is 0. The second kappa shape index (κ2) is 3.35. The lowest BCUT2D eigenvalue weighted by Gasteiger charge is -2.25. The quantitative estimate of drug-likeness (QED) is 0.684. The summed E-state index contributed by atoms with van der Waals surface area (Å²) in [6, 6.07) is 13.7. The molecule has 0 unspecified atom stereocenters. The molecule has 3 rings (SSSR count). The molecule has 1 heterocycles. The summed E-state index contributed by atoms with van der Waals surface area (Å²) in [5.41, 5.74) is 3.01. The van der Waals surface area contributed by atoms with Crippen molar-refractivity contribution in [1.82, 2.24) is 5.32 Å². The molecule has 1 N–H and O–H groups in total. The van der Waals surface area contributed by atoms with Crippen molar-refractivity contribution in [1.29, 1.82) is 0 Å². The van der Waals surface area contributed by atoms with Crippen LogP contribution < -0.4 is 5.32 Å². The second-order valence-electron chi connectivity index (χ2n) is 4.28. The highest BCUT2D eigenvalue weighted by molar-refractivity contribution is 5.87. The van der Waals surface area contributed by atoms with E-state index in [-0.39, 0.29) is 0 Å². The highest BCUT2D eigenvalue weighted by Gasteiger charge is 2.16. The first-order chi connectivity index (χ1) is 7.36. The zero-order chi connectivity index (χ0) is 10.3. The first-order valence-electron chi connectivity index (χ1n) is 5.60. The van der Waals surface area contributed by atoms with E-state index in [1.807, 2.05) is 0 Å². The van der Waals surface area contributed by atoms with Gasteiger partial charge in [0.15, 0.2) is 0 Å². The molecule has 1 heteroatoms. The van der Waals surface area contributed by atoms with Crippen LogP contribution in [0.1, 0.15) is 24.1 Å². The summed E-state index contributed by atoms with van der Waals surface area (Å²) in [6.45, 7) is 3.34. The summed E-state index contributed by atoms with van der Waals surface area (Å²) in [6.07, 6.45) is 1.15. The van der Waals surface area contributed by atoms with Crippen molar-refractivity contribution in [3.05, 3.63) is 47.5 Å². The summed E-state index contributed by atoms with van der Waals surface area (Å²) in [5, 5.41) is 6.30. The van der Waals surface area contributed by atoms with Crippen LogP contribution in [0.4, 0.5) is 0 Å². The summed E-state index contributed by atoms with van der Waals surface area (Å²) >= 11 is 0. The van der Waals surface area contributed by atoms with Gasteiger partial charge in [0.1, 0.15) is 0 Å². The molecule has 0 saturated carbocycles. The Bertz CT molecular complexity index is 502. The first-order valence-corrected chi connectivity index (χ1v) is 5.60. The zero-order valence-corrected chi connectivity index (χ0v) is 8.96. The predicted molar refractivity (Wildman–Crippen MR) is 64.1 cm³/mol. The van der Waals surface area contributed by atoms with Crippen molar-refractivity contribution in [2.45, 2.75) is 19.4 Å². The number of nitrogens with one attached hydrogen (secondary N) is 1. The van der Waals surface area contributed by atoms with Crippen molar-refractivity contribution >= 4 is 10.8 Å². The van der Waals surface area contributed by atoms with Gasteiger partial charge in [0.2, 0.25) is 0 Å². The third kappa shape index (κ3) is 1.35. The number of hydrogen-bond donors (Lipinski definition) is 1. The fourth-order valence-corrected chi connectivity index (χ4v) is 2.56. The molecule has 2 aromatic rings. The Balaban J connectivity index is 2.33. The van der Waals surface area contributed by atoms with Gasteiger partial charge < -0.3 is 5.32 Å². The van der Waals surface area contributed by atoms with E-state index in [1.54, 1.807) is 5.56 Å². The summed E-state index contributed by atoms with van der Waals surface area (Å²) in [4.78, 5) is 0. The minimum Gasteiger partial charge on any atom is -0.310 e. The van der Waals surface area contributed by atoms with E-state index >= 15 is 0 Å². The molecular weight excluding hydrogens is 182 g/mol. The second-order valence-corrected chi connectivity index (χ2v) is 4.28. The number of hydrogen-bond acceptors (Lipinski definition) is 1. The average Bonchev–Trinajstić information content (AvgIpc) is 2.29. The smallest absolute Gasteiger partial charge is 0.0294 e. The van der Waals surface area contributed by atoms with Crippen LogP contribution in [-0.2, 0) is 6.42 Å². The van der Waals surface area contributed by atoms with Gasteiger partial charge in [0.25, 0.3) is 0 Å². The molecule has 0 fully saturated rings. The number of rotatable bonds is 0. The molecule has 0 aliphatic carbocycles. The first kappa shape index (κ1) is 8.93. The summed E-state index contributed by atoms with van der Waals surface area (Å²) < 4.78 is 0. The molecule has 0 amide bonds. The van der Waals surface area contributed by atoms with E-state index in [1.165, 1.54) is 16.3 Å². The minimum atomic E-state index is 0.498. The van der Waals surface area contributed by atoms with Gasteiger partial charge in [-0.3, -0.25) is 0 Å². The zero-order valence-electron chi connectivity index (χ0n) is 8.96. The van der Waals surface area contributed by atoms with Crippen molar-refractivity contribution in [2.24, 2.45) is 0 Å². The van der Waals surface area contributed by atoms with E-state index < -0.39 is 0 Å². The molecule has 1 aliphatic heterocycles. The maximum Gasteiger partial charge on any atom is 0.0294 e. The number of benzene rings is 2. The summed E-state index contributed by atoms with van der Waals surface area (Å²) in [5.74, 6) is 0. The topological polar surface area (TPSA) is 12.0 Å². The molecular formula is C14H15N. The van der Waals surface area contributed by atoms with E-state index in [2.05, 4.69) is 48.6 Å². The van der Waals surface area contributed by atoms with Crippen molar-refractivity contribution < 1.29 is 0 Å². The molecule has 0 radical (unpaired) electrons. The van der Waals surface area contributed by atoms with Gasteiger partial charge in [-0.05, 0) is 41.8 Å². The molecule has 15 heavy (non-hydrogen) atoms. The van der Waals surface area contributed by atoms with Crippen LogP contribution in [0, 0.1) is 0 Å². The molecule has 0 bridgehead atoms. The van der Waals surface area contributed by atoms with Gasteiger partial charge in [0.05, 0.1) is 0 Å². The van der Waals surface area contributed by atoms with Gasteiger partial charge >= 0.3 is 0 Å². The van der Waals surface area contributed by atoms with E-state index in [0.29, 0.717) is 6.04 Å². The molecule has 0 aromatic heterocycles. The minimum absolute atomic E-state index is 0.498. The Morgan fingerprint density at radius 3 is 2.93 bits per heavy atom. The van der Waals surface area contributed by atoms with Gasteiger partial charge in [-0.15, -0.1) is 0 Å². The number of fused-ring (bicyclic) bond motifs is 3. The van der Waals surface area contributed by atoms with Gasteiger partial charge in [0, 0.05) is 6.04 Å². The van der Waals surface area contributed by atoms with Crippen LogP contribution in [0.15, 0.2) is 36.4 Å². The van der Waals surface area contributed by atoms with Crippen LogP contribution in [0.3, 0.4) is 0 Å². The lowest BCUT2D eigenvalue weighted by Crippen LogP contribution is -2.27. The largest absolute Gasteiger partial charge is 0.310 e. The Morgan fingerprint density at radius 2 is 2.00 bits per heavy atom. The molecule has 76 valence electrons. The monoisotopic (exact) mass is 197 g/mol. The third-order valence-electron chi connectivity index (χ3n) is 3.37. The third-order valence-corrected chi connectivity index (χ3v) is 3.37. The van der Waals surface area contributed by atoms with Crippen LogP contribution >= 0.6 is 0 Å². The molecule has 0 spiro atoms. The molecule has 1 atom stereocenters. The molecule has 1 nitrogen and oxygen atoms in total. The Kier molecular flexibility index (Phi) is 2.00. The maximum atomic E-state index is 3.50. The van der Waals surface area contributed by atoms with Gasteiger partial charge in [-0.25, -0.2) is 0 Å². The van der Waals surface area contributed by atoms with Crippen LogP contribution in [-0.4, -0.2) is 6.54 Å². The Labute approximate surface area is 90.1 Å². The predicted octanol–water partition coefficient (Wildman–Crippen LogP) is 3.05. The van der Waals surface area contributed by atoms with Crippen LogP contribution in [0.25, 0.3) is 10.8 Å². The molecule has 2 aromatic carbocycles. The molecule has 0 saturated heterocycles. The Morgan fingerprint density at radius 1 is 1.13 bits per heavy atom.